The van der Waals surface area contributed by atoms with Crippen molar-refractivity contribution in [2.75, 3.05) is 34.3 Å². The van der Waals surface area contributed by atoms with E-state index in [4.69, 9.17) is 4.74 Å². The van der Waals surface area contributed by atoms with Crippen LogP contribution in [0.15, 0.2) is 23.1 Å². The third kappa shape index (κ3) is 3.75. The number of nitrogens with zero attached hydrogens (tertiary/aromatic N) is 1. The summed E-state index contributed by atoms with van der Waals surface area (Å²) < 4.78 is 31.4. The zero-order chi connectivity index (χ0) is 15.5. The highest BCUT2D eigenvalue weighted by Crippen LogP contribution is 2.28. The molecule has 118 valence electrons. The molecule has 1 aromatic carbocycles. The van der Waals surface area contributed by atoms with Gasteiger partial charge in [-0.05, 0) is 62.0 Å². The van der Waals surface area contributed by atoms with Gasteiger partial charge in [-0.15, -0.1) is 0 Å². The van der Waals surface area contributed by atoms with Gasteiger partial charge in [0.15, 0.2) is 0 Å². The minimum Gasteiger partial charge on any atom is -0.497 e. The fourth-order valence-electron chi connectivity index (χ4n) is 2.69. The molecule has 5 nitrogen and oxygen atoms in total. The Bertz CT molecular complexity index is 579. The Labute approximate surface area is 127 Å². The van der Waals surface area contributed by atoms with E-state index in [0.717, 1.165) is 37.9 Å². The summed E-state index contributed by atoms with van der Waals surface area (Å²) in [5.74, 6) is 1.23. The Morgan fingerprint density at radius 1 is 1.29 bits per heavy atom. The molecule has 0 aliphatic carbocycles. The molecule has 1 N–H and O–H groups in total. The Kier molecular flexibility index (Phi) is 5.24. The van der Waals surface area contributed by atoms with Crippen LogP contribution in [0.5, 0.6) is 5.75 Å². The Balaban J connectivity index is 2.36. The molecule has 21 heavy (non-hydrogen) atoms. The Hall–Kier alpha value is -1.11. The van der Waals surface area contributed by atoms with Crippen LogP contribution in [-0.2, 0) is 16.4 Å². The number of methoxy groups -OCH3 is 1. The lowest BCUT2D eigenvalue weighted by Gasteiger charge is -2.24. The van der Waals surface area contributed by atoms with Crippen molar-refractivity contribution in [2.24, 2.45) is 5.92 Å². The summed E-state index contributed by atoms with van der Waals surface area (Å²) in [5, 5.41) is 3.33. The third-order valence-corrected chi connectivity index (χ3v) is 5.91. The minimum absolute atomic E-state index is 0.395. The van der Waals surface area contributed by atoms with Crippen molar-refractivity contribution in [3.05, 3.63) is 23.8 Å². The lowest BCUT2D eigenvalue weighted by molar-refractivity contribution is 0.369. The highest BCUT2D eigenvalue weighted by molar-refractivity contribution is 7.89. The van der Waals surface area contributed by atoms with Crippen molar-refractivity contribution in [1.82, 2.24) is 9.62 Å². The monoisotopic (exact) mass is 312 g/mol. The van der Waals surface area contributed by atoms with Crippen molar-refractivity contribution in [2.45, 2.75) is 24.2 Å². The van der Waals surface area contributed by atoms with Gasteiger partial charge in [-0.1, -0.05) is 0 Å². The molecule has 0 saturated carbocycles. The van der Waals surface area contributed by atoms with Gasteiger partial charge in [0.2, 0.25) is 10.0 Å². The van der Waals surface area contributed by atoms with Gasteiger partial charge in [0.05, 0.1) is 12.0 Å². The quantitative estimate of drug-likeness (QED) is 0.895. The second kappa shape index (κ2) is 6.77. The lowest BCUT2D eigenvalue weighted by Crippen LogP contribution is -2.29. The standard InChI is InChI=1S/C15H24N2O3S/c1-17(2)21(18,19)15-5-4-14(20-3)11-13(15)10-12-6-8-16-9-7-12/h4-5,11-12,16H,6-10H2,1-3H3. The van der Waals surface area contributed by atoms with Crippen LogP contribution in [0.2, 0.25) is 0 Å². The average Bonchev–Trinajstić information content (AvgIpc) is 2.47. The summed E-state index contributed by atoms with van der Waals surface area (Å²) in [4.78, 5) is 0.395. The van der Waals surface area contributed by atoms with Crippen LogP contribution in [0.25, 0.3) is 0 Å². The first kappa shape index (κ1) is 16.3. The molecule has 1 heterocycles. The number of hydrogen-bond acceptors (Lipinski definition) is 4. The molecule has 6 heteroatoms. The fourth-order valence-corrected chi connectivity index (χ4v) is 3.79. The van der Waals surface area contributed by atoms with E-state index in [1.54, 1.807) is 33.3 Å². The Morgan fingerprint density at radius 2 is 1.95 bits per heavy atom. The average molecular weight is 312 g/mol. The highest BCUT2D eigenvalue weighted by Gasteiger charge is 2.24. The van der Waals surface area contributed by atoms with Crippen LogP contribution in [0.1, 0.15) is 18.4 Å². The second-order valence-electron chi connectivity index (χ2n) is 5.66. The molecule has 1 fully saturated rings. The number of nitrogens with one attached hydrogen (secondary N) is 1. The first-order valence-electron chi connectivity index (χ1n) is 7.25. The van der Waals surface area contributed by atoms with E-state index < -0.39 is 10.0 Å². The van der Waals surface area contributed by atoms with Crippen molar-refractivity contribution in [3.8, 4) is 5.75 Å². The van der Waals surface area contributed by atoms with Crippen LogP contribution in [0, 0.1) is 5.92 Å². The van der Waals surface area contributed by atoms with Crippen LogP contribution in [-0.4, -0.2) is 47.0 Å². The van der Waals surface area contributed by atoms with Crippen LogP contribution in [0.3, 0.4) is 0 Å². The van der Waals surface area contributed by atoms with Crippen molar-refractivity contribution in [1.29, 1.82) is 0 Å². The molecule has 0 radical (unpaired) electrons. The number of hydrogen-bond donors (Lipinski definition) is 1. The topological polar surface area (TPSA) is 58.6 Å². The molecule has 0 aromatic heterocycles. The van der Waals surface area contributed by atoms with E-state index in [1.807, 2.05) is 6.07 Å². The molecule has 0 amide bonds. The zero-order valence-corrected chi connectivity index (χ0v) is 13.7. The fraction of sp³-hybridized carbons (Fsp3) is 0.600. The number of piperidine rings is 1. The first-order chi connectivity index (χ1) is 9.95. The van der Waals surface area contributed by atoms with Crippen LogP contribution < -0.4 is 10.1 Å². The highest BCUT2D eigenvalue weighted by atomic mass is 32.2. The maximum absolute atomic E-state index is 12.5. The maximum Gasteiger partial charge on any atom is 0.242 e. The van der Waals surface area contributed by atoms with E-state index in [9.17, 15) is 8.42 Å². The molecule has 1 aliphatic rings. The first-order valence-corrected chi connectivity index (χ1v) is 8.69. The van der Waals surface area contributed by atoms with Gasteiger partial charge >= 0.3 is 0 Å². The smallest absolute Gasteiger partial charge is 0.242 e. The maximum atomic E-state index is 12.5. The second-order valence-corrected chi connectivity index (χ2v) is 7.78. The molecular weight excluding hydrogens is 288 g/mol. The third-order valence-electron chi connectivity index (χ3n) is 3.99. The normalized spacial score (nSPS) is 17.1. The van der Waals surface area contributed by atoms with Gasteiger partial charge in [0.1, 0.15) is 5.75 Å². The molecule has 0 spiro atoms. The molecule has 1 aliphatic heterocycles. The van der Waals surface area contributed by atoms with Gasteiger partial charge in [0, 0.05) is 14.1 Å². The summed E-state index contributed by atoms with van der Waals surface area (Å²) in [6, 6.07) is 5.23. The summed E-state index contributed by atoms with van der Waals surface area (Å²) in [7, 11) is 1.31. The molecule has 2 rings (SSSR count). The summed E-state index contributed by atoms with van der Waals surface area (Å²) in [6.45, 7) is 2.01. The zero-order valence-electron chi connectivity index (χ0n) is 12.9. The van der Waals surface area contributed by atoms with Crippen molar-refractivity contribution in [3.63, 3.8) is 0 Å². The Morgan fingerprint density at radius 3 is 2.52 bits per heavy atom. The van der Waals surface area contributed by atoms with Gasteiger partial charge < -0.3 is 10.1 Å². The van der Waals surface area contributed by atoms with Crippen LogP contribution >= 0.6 is 0 Å². The van der Waals surface area contributed by atoms with Gasteiger partial charge in [0.25, 0.3) is 0 Å². The van der Waals surface area contributed by atoms with Crippen molar-refractivity contribution < 1.29 is 13.2 Å². The summed E-state index contributed by atoms with van der Waals surface area (Å²) in [6.07, 6.45) is 2.94. The van der Waals surface area contributed by atoms with E-state index in [-0.39, 0.29) is 0 Å². The predicted octanol–water partition coefficient (Wildman–Crippen LogP) is 1.49. The number of benzene rings is 1. The lowest BCUT2D eigenvalue weighted by atomic mass is 9.91. The van der Waals surface area contributed by atoms with E-state index in [0.29, 0.717) is 16.6 Å². The SMILES string of the molecule is COc1ccc(S(=O)(=O)N(C)C)c(CC2CCNCC2)c1. The molecule has 1 saturated heterocycles. The van der Waals surface area contributed by atoms with E-state index >= 15 is 0 Å². The van der Waals surface area contributed by atoms with Crippen LogP contribution in [0.4, 0.5) is 0 Å². The molecule has 0 atom stereocenters. The predicted molar refractivity (Wildman–Crippen MR) is 83.2 cm³/mol. The van der Waals surface area contributed by atoms with E-state index in [1.165, 1.54) is 4.31 Å². The summed E-state index contributed by atoms with van der Waals surface area (Å²) in [5.41, 5.74) is 0.856. The largest absolute Gasteiger partial charge is 0.497 e. The van der Waals surface area contributed by atoms with Gasteiger partial charge in [-0.2, -0.15) is 0 Å². The van der Waals surface area contributed by atoms with E-state index in [2.05, 4.69) is 5.32 Å². The number of rotatable bonds is 5. The number of ether oxygens (including phenoxy) is 1. The van der Waals surface area contributed by atoms with Gasteiger partial charge in [-0.3, -0.25) is 0 Å². The van der Waals surface area contributed by atoms with Gasteiger partial charge in [-0.25, -0.2) is 12.7 Å². The molecule has 0 bridgehead atoms. The summed E-state index contributed by atoms with van der Waals surface area (Å²) >= 11 is 0. The minimum atomic E-state index is -3.42. The molecule has 1 aromatic rings. The molecule has 0 unspecified atom stereocenters. The van der Waals surface area contributed by atoms with Crippen molar-refractivity contribution >= 4 is 10.0 Å². The molecular formula is C15H24N2O3S. The number of sulfonamides is 1.